The molecule has 0 amide bonds. The lowest BCUT2D eigenvalue weighted by molar-refractivity contribution is 0.0957. The van der Waals surface area contributed by atoms with Gasteiger partial charge < -0.3 is 8.98 Å². The number of rotatable bonds is 5. The van der Waals surface area contributed by atoms with Gasteiger partial charge in [-0.1, -0.05) is 0 Å². The molecule has 0 aliphatic carbocycles. The predicted octanol–water partition coefficient (Wildman–Crippen LogP) is 2.03. The van der Waals surface area contributed by atoms with Crippen molar-refractivity contribution in [3.63, 3.8) is 0 Å². The average molecular weight is 268 g/mol. The van der Waals surface area contributed by atoms with E-state index in [0.717, 1.165) is 0 Å². The maximum atomic E-state index is 12.2. The number of Topliss-reactive ketones (excluding diaryl/α,β-unsaturated/α-hetero) is 1. The number of nitriles is 2. The molecule has 0 radical (unpaired) electrons. The van der Waals surface area contributed by atoms with Gasteiger partial charge in [-0.2, -0.15) is 10.5 Å². The van der Waals surface area contributed by atoms with Crippen molar-refractivity contribution >= 4 is 5.78 Å². The maximum absolute atomic E-state index is 12.2. The van der Waals surface area contributed by atoms with Gasteiger partial charge in [-0.25, -0.2) is 4.98 Å². The van der Waals surface area contributed by atoms with E-state index >= 15 is 0 Å². The molecule has 0 saturated heterocycles. The van der Waals surface area contributed by atoms with Crippen LogP contribution in [0.15, 0.2) is 35.4 Å². The standard InChI is InChI=1S/C14H12N4O2/c1-18-4-3-17-14(18)13(19)6-12(11(7-15)8-16)10-2-5-20-9-10/h2-5,9,11-12H,6H2,1H3/t12-/m0/s1. The van der Waals surface area contributed by atoms with Crippen LogP contribution in [0.2, 0.25) is 0 Å². The molecule has 100 valence electrons. The van der Waals surface area contributed by atoms with Crippen molar-refractivity contribution < 1.29 is 9.21 Å². The molecular formula is C14H12N4O2. The third kappa shape index (κ3) is 2.60. The van der Waals surface area contributed by atoms with E-state index in [1.54, 1.807) is 23.9 Å². The molecule has 2 aromatic heterocycles. The lowest BCUT2D eigenvalue weighted by Gasteiger charge is -2.14. The molecule has 2 heterocycles. The topological polar surface area (TPSA) is 95.6 Å². The summed E-state index contributed by atoms with van der Waals surface area (Å²) < 4.78 is 6.59. The third-order valence-electron chi connectivity index (χ3n) is 3.13. The predicted molar refractivity (Wildman–Crippen MR) is 68.3 cm³/mol. The van der Waals surface area contributed by atoms with Gasteiger partial charge in [0.1, 0.15) is 5.92 Å². The van der Waals surface area contributed by atoms with Crippen LogP contribution in [-0.4, -0.2) is 15.3 Å². The molecule has 2 aromatic rings. The summed E-state index contributed by atoms with van der Waals surface area (Å²) in [6.07, 6.45) is 6.16. The third-order valence-corrected chi connectivity index (χ3v) is 3.13. The molecule has 6 nitrogen and oxygen atoms in total. The quantitative estimate of drug-likeness (QED) is 0.773. The Balaban J connectivity index is 2.26. The zero-order chi connectivity index (χ0) is 14.5. The van der Waals surface area contributed by atoms with E-state index in [1.165, 1.54) is 18.7 Å². The zero-order valence-electron chi connectivity index (χ0n) is 10.9. The van der Waals surface area contributed by atoms with Gasteiger partial charge in [-0.3, -0.25) is 4.79 Å². The van der Waals surface area contributed by atoms with Crippen LogP contribution in [0.4, 0.5) is 0 Å². The van der Waals surface area contributed by atoms with Gasteiger partial charge in [0.2, 0.25) is 0 Å². The summed E-state index contributed by atoms with van der Waals surface area (Å²) in [6, 6.07) is 5.51. The van der Waals surface area contributed by atoms with E-state index < -0.39 is 11.8 Å². The van der Waals surface area contributed by atoms with E-state index in [1.807, 2.05) is 12.1 Å². The van der Waals surface area contributed by atoms with Gasteiger partial charge in [0.25, 0.3) is 0 Å². The fourth-order valence-electron chi connectivity index (χ4n) is 2.05. The second-order valence-electron chi connectivity index (χ2n) is 4.39. The van der Waals surface area contributed by atoms with Crippen LogP contribution < -0.4 is 0 Å². The number of nitrogens with zero attached hydrogens (tertiary/aromatic N) is 4. The van der Waals surface area contributed by atoms with Crippen LogP contribution in [-0.2, 0) is 7.05 Å². The Morgan fingerprint density at radius 1 is 1.50 bits per heavy atom. The van der Waals surface area contributed by atoms with Crippen molar-refractivity contribution in [2.24, 2.45) is 13.0 Å². The van der Waals surface area contributed by atoms with Gasteiger partial charge in [0.05, 0.1) is 24.7 Å². The van der Waals surface area contributed by atoms with Crippen LogP contribution in [0.5, 0.6) is 0 Å². The molecule has 0 bridgehead atoms. The Morgan fingerprint density at radius 2 is 2.25 bits per heavy atom. The summed E-state index contributed by atoms with van der Waals surface area (Å²) in [4.78, 5) is 16.2. The molecule has 20 heavy (non-hydrogen) atoms. The van der Waals surface area contributed by atoms with Gasteiger partial charge >= 0.3 is 0 Å². The van der Waals surface area contributed by atoms with Crippen molar-refractivity contribution in [3.05, 3.63) is 42.4 Å². The van der Waals surface area contributed by atoms with Crippen LogP contribution in [0.1, 0.15) is 28.5 Å². The highest BCUT2D eigenvalue weighted by Gasteiger charge is 2.28. The van der Waals surface area contributed by atoms with Crippen LogP contribution >= 0.6 is 0 Å². The number of imidazole rings is 1. The van der Waals surface area contributed by atoms with Crippen LogP contribution in [0.25, 0.3) is 0 Å². The van der Waals surface area contributed by atoms with Crippen LogP contribution in [0.3, 0.4) is 0 Å². The van der Waals surface area contributed by atoms with Crippen LogP contribution in [0, 0.1) is 28.6 Å². The number of carbonyl (C=O) groups is 1. The molecule has 0 fully saturated rings. The zero-order valence-corrected chi connectivity index (χ0v) is 10.9. The Bertz CT molecular complexity index is 659. The van der Waals surface area contributed by atoms with E-state index in [4.69, 9.17) is 14.9 Å². The number of aromatic nitrogens is 2. The average Bonchev–Trinajstić information content (AvgIpc) is 3.09. The largest absolute Gasteiger partial charge is 0.472 e. The molecule has 0 unspecified atom stereocenters. The summed E-state index contributed by atoms with van der Waals surface area (Å²) in [5.41, 5.74) is 0.667. The van der Waals surface area contributed by atoms with E-state index in [2.05, 4.69) is 4.98 Å². The summed E-state index contributed by atoms with van der Waals surface area (Å²) in [5.74, 6) is -1.32. The lowest BCUT2D eigenvalue weighted by atomic mass is 9.85. The first-order chi connectivity index (χ1) is 9.67. The Morgan fingerprint density at radius 3 is 2.75 bits per heavy atom. The summed E-state index contributed by atoms with van der Waals surface area (Å²) in [5, 5.41) is 18.1. The fourth-order valence-corrected chi connectivity index (χ4v) is 2.05. The monoisotopic (exact) mass is 268 g/mol. The number of carbonyl (C=O) groups excluding carboxylic acids is 1. The van der Waals surface area contributed by atoms with E-state index in [-0.39, 0.29) is 12.2 Å². The van der Waals surface area contributed by atoms with Gasteiger partial charge in [-0.15, -0.1) is 0 Å². The van der Waals surface area contributed by atoms with Crippen molar-refractivity contribution in [3.8, 4) is 12.1 Å². The summed E-state index contributed by atoms with van der Waals surface area (Å²) in [6.45, 7) is 0. The summed E-state index contributed by atoms with van der Waals surface area (Å²) in [7, 11) is 1.72. The van der Waals surface area contributed by atoms with Crippen molar-refractivity contribution in [2.75, 3.05) is 0 Å². The Kier molecular flexibility index (Phi) is 3.97. The molecule has 0 aliphatic heterocycles. The molecule has 0 aliphatic rings. The highest BCUT2D eigenvalue weighted by Crippen LogP contribution is 2.29. The van der Waals surface area contributed by atoms with E-state index in [0.29, 0.717) is 11.4 Å². The van der Waals surface area contributed by atoms with Gasteiger partial charge in [0.15, 0.2) is 11.6 Å². The molecule has 0 aromatic carbocycles. The molecule has 6 heteroatoms. The molecule has 2 rings (SSSR count). The molecule has 0 spiro atoms. The maximum Gasteiger partial charge on any atom is 0.198 e. The minimum atomic E-state index is -0.906. The smallest absolute Gasteiger partial charge is 0.198 e. The number of hydrogen-bond acceptors (Lipinski definition) is 5. The number of hydrogen-bond donors (Lipinski definition) is 0. The first-order valence-corrected chi connectivity index (χ1v) is 5.99. The minimum Gasteiger partial charge on any atom is -0.472 e. The van der Waals surface area contributed by atoms with E-state index in [9.17, 15) is 4.79 Å². The number of aryl methyl sites for hydroxylation is 1. The van der Waals surface area contributed by atoms with Crippen molar-refractivity contribution in [2.45, 2.75) is 12.3 Å². The molecule has 1 atom stereocenters. The first-order valence-electron chi connectivity index (χ1n) is 5.99. The Hall–Kier alpha value is -2.86. The highest BCUT2D eigenvalue weighted by molar-refractivity contribution is 5.93. The number of furan rings is 1. The fraction of sp³-hybridized carbons (Fsp3) is 0.286. The minimum absolute atomic E-state index is 0.0379. The SMILES string of the molecule is Cn1ccnc1C(=O)C[C@@H](c1ccoc1)C(C#N)C#N. The normalized spacial score (nSPS) is 11.8. The second kappa shape index (κ2) is 5.85. The molecular weight excluding hydrogens is 256 g/mol. The summed E-state index contributed by atoms with van der Waals surface area (Å²) >= 11 is 0. The van der Waals surface area contributed by atoms with Gasteiger partial charge in [0, 0.05) is 31.8 Å². The second-order valence-corrected chi connectivity index (χ2v) is 4.39. The Labute approximate surface area is 115 Å². The van der Waals surface area contributed by atoms with Crippen molar-refractivity contribution in [1.29, 1.82) is 10.5 Å². The highest BCUT2D eigenvalue weighted by atomic mass is 16.3. The lowest BCUT2D eigenvalue weighted by Crippen LogP contribution is -2.16. The number of ketones is 1. The van der Waals surface area contributed by atoms with Crippen molar-refractivity contribution in [1.82, 2.24) is 9.55 Å². The molecule has 0 N–H and O–H groups in total. The van der Waals surface area contributed by atoms with Gasteiger partial charge in [-0.05, 0) is 11.6 Å². The molecule has 0 saturated carbocycles. The first kappa shape index (κ1) is 13.6.